The van der Waals surface area contributed by atoms with Gasteiger partial charge in [-0.2, -0.15) is 0 Å². The Morgan fingerprint density at radius 3 is 2.89 bits per heavy atom. The van der Waals surface area contributed by atoms with E-state index >= 15 is 0 Å². The SMILES string of the molecule is Nc1nc(SCC(=O)NCCC2=CCCCC2)nc2sc3c(c12)CCCC3. The van der Waals surface area contributed by atoms with E-state index in [0.717, 1.165) is 29.5 Å². The average molecular weight is 403 g/mol. The summed E-state index contributed by atoms with van der Waals surface area (Å²) < 4.78 is 0. The maximum atomic E-state index is 12.1. The zero-order valence-corrected chi connectivity index (χ0v) is 17.2. The van der Waals surface area contributed by atoms with Crippen LogP contribution in [0.2, 0.25) is 0 Å². The molecule has 0 bridgehead atoms. The molecule has 1 amide bonds. The lowest BCUT2D eigenvalue weighted by atomic mass is 9.97. The van der Waals surface area contributed by atoms with Gasteiger partial charge in [-0.25, -0.2) is 9.97 Å². The first-order valence-electron chi connectivity index (χ1n) is 9.86. The van der Waals surface area contributed by atoms with Crippen LogP contribution in [-0.2, 0) is 17.6 Å². The molecule has 0 aliphatic heterocycles. The number of thiophene rings is 1. The van der Waals surface area contributed by atoms with Gasteiger partial charge >= 0.3 is 0 Å². The number of hydrogen-bond acceptors (Lipinski definition) is 6. The molecule has 5 nitrogen and oxygen atoms in total. The summed E-state index contributed by atoms with van der Waals surface area (Å²) in [6.07, 6.45) is 12.9. The lowest BCUT2D eigenvalue weighted by Crippen LogP contribution is -2.26. The highest BCUT2D eigenvalue weighted by Gasteiger charge is 2.20. The van der Waals surface area contributed by atoms with Gasteiger partial charge in [0.2, 0.25) is 5.91 Å². The van der Waals surface area contributed by atoms with Crippen LogP contribution in [0.3, 0.4) is 0 Å². The van der Waals surface area contributed by atoms with Gasteiger partial charge in [-0.3, -0.25) is 4.79 Å². The van der Waals surface area contributed by atoms with E-state index in [0.29, 0.717) is 23.3 Å². The fourth-order valence-electron chi connectivity index (χ4n) is 3.91. The molecule has 0 saturated carbocycles. The Hall–Kier alpha value is -1.60. The predicted molar refractivity (Wildman–Crippen MR) is 113 cm³/mol. The molecule has 2 aromatic rings. The minimum atomic E-state index is 0.0316. The summed E-state index contributed by atoms with van der Waals surface area (Å²) in [5.74, 6) is 0.922. The number of nitrogens with zero attached hydrogens (tertiary/aromatic N) is 2. The second-order valence-corrected chi connectivity index (χ2v) is 9.31. The Kier molecular flexibility index (Phi) is 5.98. The average Bonchev–Trinajstić information content (AvgIpc) is 3.06. The molecular weight excluding hydrogens is 376 g/mol. The minimum absolute atomic E-state index is 0.0316. The van der Waals surface area contributed by atoms with Crippen LogP contribution in [0.1, 0.15) is 55.4 Å². The Morgan fingerprint density at radius 1 is 1.19 bits per heavy atom. The molecule has 2 aliphatic rings. The summed E-state index contributed by atoms with van der Waals surface area (Å²) in [6, 6.07) is 0. The summed E-state index contributed by atoms with van der Waals surface area (Å²) in [4.78, 5) is 23.6. The maximum absolute atomic E-state index is 12.1. The Morgan fingerprint density at radius 2 is 2.04 bits per heavy atom. The van der Waals surface area contributed by atoms with E-state index in [9.17, 15) is 4.79 Å². The van der Waals surface area contributed by atoms with Gasteiger partial charge in [-0.05, 0) is 63.4 Å². The molecule has 0 fully saturated rings. The lowest BCUT2D eigenvalue weighted by molar-refractivity contribution is -0.118. The van der Waals surface area contributed by atoms with Gasteiger partial charge in [-0.1, -0.05) is 23.4 Å². The third-order valence-corrected chi connectivity index (χ3v) is 7.34. The van der Waals surface area contributed by atoms with Gasteiger partial charge in [0, 0.05) is 11.4 Å². The van der Waals surface area contributed by atoms with Crippen molar-refractivity contribution in [2.24, 2.45) is 0 Å². The molecule has 4 rings (SSSR count). The van der Waals surface area contributed by atoms with Gasteiger partial charge in [0.25, 0.3) is 0 Å². The fourth-order valence-corrected chi connectivity index (χ4v) is 5.91. The van der Waals surface area contributed by atoms with Crippen molar-refractivity contribution in [3.8, 4) is 0 Å². The van der Waals surface area contributed by atoms with Crippen LogP contribution in [-0.4, -0.2) is 28.2 Å². The topological polar surface area (TPSA) is 80.9 Å². The molecular formula is C20H26N4OS2. The summed E-state index contributed by atoms with van der Waals surface area (Å²) in [5.41, 5.74) is 9.07. The van der Waals surface area contributed by atoms with Gasteiger partial charge in [0.15, 0.2) is 5.16 Å². The Balaban J connectivity index is 1.33. The number of thioether (sulfide) groups is 1. The Labute approximate surface area is 168 Å². The number of nitrogen functional groups attached to an aromatic ring is 1. The largest absolute Gasteiger partial charge is 0.383 e. The third kappa shape index (κ3) is 4.46. The van der Waals surface area contributed by atoms with Crippen LogP contribution >= 0.6 is 23.1 Å². The molecule has 0 radical (unpaired) electrons. The number of nitrogens with one attached hydrogen (secondary N) is 1. The van der Waals surface area contributed by atoms with Crippen LogP contribution in [0.4, 0.5) is 5.82 Å². The van der Waals surface area contributed by atoms with Crippen molar-refractivity contribution >= 4 is 45.0 Å². The lowest BCUT2D eigenvalue weighted by Gasteiger charge is -2.12. The fraction of sp³-hybridized carbons (Fsp3) is 0.550. The number of aromatic nitrogens is 2. The summed E-state index contributed by atoms with van der Waals surface area (Å²) >= 11 is 3.11. The van der Waals surface area contributed by atoms with Crippen molar-refractivity contribution in [3.05, 3.63) is 22.1 Å². The van der Waals surface area contributed by atoms with E-state index < -0.39 is 0 Å². The van der Waals surface area contributed by atoms with E-state index in [2.05, 4.69) is 21.4 Å². The molecule has 0 aromatic carbocycles. The number of carbonyl (C=O) groups excluding carboxylic acids is 1. The molecule has 7 heteroatoms. The number of anilines is 1. The Bertz CT molecular complexity index is 874. The van der Waals surface area contributed by atoms with E-state index in [1.54, 1.807) is 11.3 Å². The van der Waals surface area contributed by atoms with E-state index in [-0.39, 0.29) is 5.91 Å². The van der Waals surface area contributed by atoms with Crippen molar-refractivity contribution in [1.82, 2.24) is 15.3 Å². The van der Waals surface area contributed by atoms with Crippen molar-refractivity contribution in [2.45, 2.75) is 62.9 Å². The monoisotopic (exact) mass is 402 g/mol. The molecule has 0 unspecified atom stereocenters. The van der Waals surface area contributed by atoms with Crippen LogP contribution in [0.15, 0.2) is 16.8 Å². The predicted octanol–water partition coefficient (Wildman–Crippen LogP) is 4.25. The molecule has 144 valence electrons. The summed E-state index contributed by atoms with van der Waals surface area (Å²) in [5, 5.41) is 4.65. The number of rotatable bonds is 6. The maximum Gasteiger partial charge on any atom is 0.230 e. The molecule has 2 aromatic heterocycles. The first kappa shape index (κ1) is 18.7. The summed E-state index contributed by atoms with van der Waals surface area (Å²) in [6.45, 7) is 0.713. The third-order valence-electron chi connectivity index (χ3n) is 5.31. The van der Waals surface area contributed by atoms with E-state index in [1.807, 2.05) is 0 Å². The van der Waals surface area contributed by atoms with Crippen LogP contribution in [0.25, 0.3) is 10.2 Å². The summed E-state index contributed by atoms with van der Waals surface area (Å²) in [7, 11) is 0. The van der Waals surface area contributed by atoms with Gasteiger partial charge < -0.3 is 11.1 Å². The molecule has 2 heterocycles. The number of fused-ring (bicyclic) bond motifs is 3. The van der Waals surface area contributed by atoms with Crippen molar-refractivity contribution in [3.63, 3.8) is 0 Å². The normalized spacial score (nSPS) is 16.8. The zero-order chi connectivity index (χ0) is 18.6. The highest BCUT2D eigenvalue weighted by molar-refractivity contribution is 7.99. The molecule has 0 saturated heterocycles. The van der Waals surface area contributed by atoms with Crippen LogP contribution in [0.5, 0.6) is 0 Å². The number of aryl methyl sites for hydroxylation is 2. The molecule has 27 heavy (non-hydrogen) atoms. The van der Waals surface area contributed by atoms with E-state index in [1.165, 1.54) is 66.3 Å². The molecule has 0 spiro atoms. The van der Waals surface area contributed by atoms with Crippen molar-refractivity contribution < 1.29 is 4.79 Å². The molecule has 3 N–H and O–H groups in total. The van der Waals surface area contributed by atoms with Crippen LogP contribution in [0, 0.1) is 0 Å². The minimum Gasteiger partial charge on any atom is -0.383 e. The van der Waals surface area contributed by atoms with E-state index in [4.69, 9.17) is 5.73 Å². The second kappa shape index (κ2) is 8.61. The number of hydrogen-bond donors (Lipinski definition) is 2. The van der Waals surface area contributed by atoms with Crippen LogP contribution < -0.4 is 11.1 Å². The van der Waals surface area contributed by atoms with Crippen molar-refractivity contribution in [2.75, 3.05) is 18.0 Å². The van der Waals surface area contributed by atoms with Gasteiger partial charge in [0.1, 0.15) is 10.6 Å². The highest BCUT2D eigenvalue weighted by Crippen LogP contribution is 2.38. The van der Waals surface area contributed by atoms with Gasteiger partial charge in [0.05, 0.1) is 11.1 Å². The molecule has 2 aliphatic carbocycles. The number of nitrogens with two attached hydrogens (primary N) is 1. The quantitative estimate of drug-likeness (QED) is 0.429. The first-order valence-corrected chi connectivity index (χ1v) is 11.7. The standard InChI is InChI=1S/C20H26N4OS2/c21-18-17-14-8-4-5-9-15(14)27-19(17)24-20(23-18)26-12-16(25)22-11-10-13-6-2-1-3-7-13/h6H,1-5,7-12H2,(H,22,25)(H2,21,23,24). The first-order chi connectivity index (χ1) is 13.2. The zero-order valence-electron chi connectivity index (χ0n) is 15.6. The number of amides is 1. The highest BCUT2D eigenvalue weighted by atomic mass is 32.2. The number of carbonyl (C=O) groups is 1. The molecule has 0 atom stereocenters. The van der Waals surface area contributed by atoms with Gasteiger partial charge in [-0.15, -0.1) is 11.3 Å². The van der Waals surface area contributed by atoms with Crippen molar-refractivity contribution in [1.29, 1.82) is 0 Å². The number of allylic oxidation sites excluding steroid dienone is 1. The second-order valence-electron chi connectivity index (χ2n) is 7.28. The smallest absolute Gasteiger partial charge is 0.230 e.